The number of hydrazone groups is 1. The number of nitrogens with one attached hydrogen (secondary N) is 1. The molecule has 2 rings (SSSR count). The maximum absolute atomic E-state index is 10.8. The van der Waals surface area contributed by atoms with E-state index >= 15 is 0 Å². The van der Waals surface area contributed by atoms with E-state index in [9.17, 15) is 10.1 Å². The van der Waals surface area contributed by atoms with Crippen molar-refractivity contribution in [2.75, 3.05) is 14.2 Å². The molecule has 0 radical (unpaired) electrons. The third-order valence-electron chi connectivity index (χ3n) is 3.45. The van der Waals surface area contributed by atoms with E-state index in [1.807, 2.05) is 18.2 Å². The van der Waals surface area contributed by atoms with E-state index in [2.05, 4.69) is 10.5 Å². The van der Waals surface area contributed by atoms with Gasteiger partial charge in [0.25, 0.3) is 5.69 Å². The number of nitrogens with zero attached hydrogens (tertiary/aromatic N) is 2. The zero-order valence-electron chi connectivity index (χ0n) is 13.8. The van der Waals surface area contributed by atoms with Crippen molar-refractivity contribution >= 4 is 11.4 Å². The molecule has 0 atom stereocenters. The van der Waals surface area contributed by atoms with Crippen molar-refractivity contribution in [2.45, 2.75) is 13.5 Å². The van der Waals surface area contributed by atoms with Gasteiger partial charge in [-0.1, -0.05) is 18.2 Å². The summed E-state index contributed by atoms with van der Waals surface area (Å²) in [7, 11) is 3.17. The molecule has 0 bridgehead atoms. The van der Waals surface area contributed by atoms with Gasteiger partial charge >= 0.3 is 0 Å². The Balaban J connectivity index is 2.05. The van der Waals surface area contributed by atoms with Gasteiger partial charge in [0.1, 0.15) is 0 Å². The summed E-state index contributed by atoms with van der Waals surface area (Å²) >= 11 is 0. The van der Waals surface area contributed by atoms with Gasteiger partial charge in [-0.05, 0) is 24.6 Å². The molecule has 7 nitrogen and oxygen atoms in total. The first kappa shape index (κ1) is 17.3. The Morgan fingerprint density at radius 1 is 1.17 bits per heavy atom. The van der Waals surface area contributed by atoms with Crippen LogP contribution < -0.4 is 14.9 Å². The third kappa shape index (κ3) is 4.22. The van der Waals surface area contributed by atoms with Gasteiger partial charge < -0.3 is 14.9 Å². The Morgan fingerprint density at radius 3 is 2.58 bits per heavy atom. The van der Waals surface area contributed by atoms with Crippen LogP contribution in [0.1, 0.15) is 18.1 Å². The maximum Gasteiger partial charge on any atom is 0.270 e. The quantitative estimate of drug-likeness (QED) is 0.479. The van der Waals surface area contributed by atoms with Gasteiger partial charge in [-0.2, -0.15) is 5.10 Å². The van der Waals surface area contributed by atoms with E-state index in [1.165, 1.54) is 12.1 Å². The molecule has 24 heavy (non-hydrogen) atoms. The summed E-state index contributed by atoms with van der Waals surface area (Å²) < 4.78 is 10.5. The van der Waals surface area contributed by atoms with Gasteiger partial charge in [0.15, 0.2) is 11.5 Å². The van der Waals surface area contributed by atoms with Crippen LogP contribution in [0.3, 0.4) is 0 Å². The van der Waals surface area contributed by atoms with E-state index in [0.29, 0.717) is 29.3 Å². The highest BCUT2D eigenvalue weighted by Gasteiger charge is 2.07. The predicted octanol–water partition coefficient (Wildman–Crippen LogP) is 3.13. The van der Waals surface area contributed by atoms with Gasteiger partial charge in [-0.15, -0.1) is 0 Å². The van der Waals surface area contributed by atoms with Crippen molar-refractivity contribution in [3.8, 4) is 11.5 Å². The number of nitro groups is 1. The molecule has 0 aromatic heterocycles. The highest BCUT2D eigenvalue weighted by atomic mass is 16.6. The molecule has 0 spiro atoms. The summed E-state index contributed by atoms with van der Waals surface area (Å²) in [4.78, 5) is 10.4. The second-order valence-electron chi connectivity index (χ2n) is 5.03. The van der Waals surface area contributed by atoms with Crippen LogP contribution >= 0.6 is 0 Å². The molecule has 0 amide bonds. The molecule has 0 aliphatic heterocycles. The Bertz CT molecular complexity index is 759. The monoisotopic (exact) mass is 329 g/mol. The molecule has 0 fully saturated rings. The lowest BCUT2D eigenvalue weighted by atomic mass is 10.1. The third-order valence-corrected chi connectivity index (χ3v) is 3.45. The van der Waals surface area contributed by atoms with Crippen molar-refractivity contribution < 1.29 is 14.4 Å². The summed E-state index contributed by atoms with van der Waals surface area (Å²) in [5.41, 5.74) is 5.34. The molecule has 2 aromatic rings. The van der Waals surface area contributed by atoms with E-state index in [0.717, 1.165) is 5.56 Å². The number of hydrogen-bond acceptors (Lipinski definition) is 6. The van der Waals surface area contributed by atoms with Crippen molar-refractivity contribution in [3.05, 3.63) is 63.7 Å². The molecule has 0 saturated carbocycles. The van der Waals surface area contributed by atoms with Crippen LogP contribution in [-0.2, 0) is 6.54 Å². The lowest BCUT2D eigenvalue weighted by Crippen LogP contribution is -2.09. The largest absolute Gasteiger partial charge is 0.493 e. The SMILES string of the molecule is COc1ccc(CN/N=C(\C)c2cccc([N+](=O)[O-])c2)cc1OC. The number of non-ortho nitro benzene ring substituents is 1. The average molecular weight is 329 g/mol. The first-order chi connectivity index (χ1) is 11.5. The number of benzene rings is 2. The van der Waals surface area contributed by atoms with Crippen molar-refractivity contribution in [3.63, 3.8) is 0 Å². The maximum atomic E-state index is 10.8. The molecule has 2 aromatic carbocycles. The number of ether oxygens (including phenoxy) is 2. The van der Waals surface area contributed by atoms with Crippen LogP contribution in [0.15, 0.2) is 47.6 Å². The topological polar surface area (TPSA) is 86.0 Å². The van der Waals surface area contributed by atoms with Crippen molar-refractivity contribution in [1.29, 1.82) is 0 Å². The van der Waals surface area contributed by atoms with Gasteiger partial charge in [-0.25, -0.2) is 0 Å². The summed E-state index contributed by atoms with van der Waals surface area (Å²) in [6.07, 6.45) is 0. The molecule has 0 aliphatic rings. The predicted molar refractivity (Wildman–Crippen MR) is 91.7 cm³/mol. The Morgan fingerprint density at radius 2 is 1.92 bits per heavy atom. The normalized spacial score (nSPS) is 11.0. The Hall–Kier alpha value is -3.09. The lowest BCUT2D eigenvalue weighted by molar-refractivity contribution is -0.384. The first-order valence-corrected chi connectivity index (χ1v) is 7.28. The minimum atomic E-state index is -0.423. The fourth-order valence-corrected chi connectivity index (χ4v) is 2.15. The van der Waals surface area contributed by atoms with E-state index in [4.69, 9.17) is 9.47 Å². The standard InChI is InChI=1S/C17H19N3O4/c1-12(14-5-4-6-15(10-14)20(21)22)19-18-11-13-7-8-16(23-2)17(9-13)24-3/h4-10,18H,11H2,1-3H3/b19-12+. The first-order valence-electron chi connectivity index (χ1n) is 7.28. The molecule has 0 saturated heterocycles. The van der Waals surface area contributed by atoms with Crippen LogP contribution in [0, 0.1) is 10.1 Å². The molecular weight excluding hydrogens is 310 g/mol. The summed E-state index contributed by atoms with van der Waals surface area (Å²) in [6.45, 7) is 2.29. The molecule has 0 heterocycles. The minimum absolute atomic E-state index is 0.0435. The molecule has 7 heteroatoms. The molecule has 0 unspecified atom stereocenters. The van der Waals surface area contributed by atoms with Gasteiger partial charge in [0.2, 0.25) is 0 Å². The van der Waals surface area contributed by atoms with Crippen molar-refractivity contribution in [2.24, 2.45) is 5.10 Å². The average Bonchev–Trinajstić information content (AvgIpc) is 2.61. The zero-order valence-corrected chi connectivity index (χ0v) is 13.8. The Kier molecular flexibility index (Phi) is 5.73. The van der Waals surface area contributed by atoms with Gasteiger partial charge in [-0.3, -0.25) is 10.1 Å². The lowest BCUT2D eigenvalue weighted by Gasteiger charge is -2.09. The fraction of sp³-hybridized carbons (Fsp3) is 0.235. The molecule has 0 aliphatic carbocycles. The van der Waals surface area contributed by atoms with Crippen LogP contribution in [0.25, 0.3) is 0 Å². The minimum Gasteiger partial charge on any atom is -0.493 e. The smallest absolute Gasteiger partial charge is 0.270 e. The Labute approximate surface area is 140 Å². The number of nitro benzene ring substituents is 1. The van der Waals surface area contributed by atoms with Gasteiger partial charge in [0, 0.05) is 17.7 Å². The number of rotatable bonds is 7. The second kappa shape index (κ2) is 7.96. The second-order valence-corrected chi connectivity index (χ2v) is 5.03. The summed E-state index contributed by atoms with van der Waals surface area (Å²) in [6, 6.07) is 12.0. The fourth-order valence-electron chi connectivity index (χ4n) is 2.15. The van der Waals surface area contributed by atoms with Gasteiger partial charge in [0.05, 0.1) is 31.4 Å². The highest BCUT2D eigenvalue weighted by molar-refractivity contribution is 5.99. The van der Waals surface area contributed by atoms with E-state index in [-0.39, 0.29) is 5.69 Å². The van der Waals surface area contributed by atoms with Crippen LogP contribution in [0.4, 0.5) is 5.69 Å². The van der Waals surface area contributed by atoms with Crippen LogP contribution in [0.2, 0.25) is 0 Å². The molecule has 1 N–H and O–H groups in total. The highest BCUT2D eigenvalue weighted by Crippen LogP contribution is 2.27. The number of hydrogen-bond donors (Lipinski definition) is 1. The summed E-state index contributed by atoms with van der Waals surface area (Å²) in [5.74, 6) is 1.31. The van der Waals surface area contributed by atoms with E-state index < -0.39 is 4.92 Å². The number of methoxy groups -OCH3 is 2. The van der Waals surface area contributed by atoms with Crippen molar-refractivity contribution in [1.82, 2.24) is 5.43 Å². The van der Waals surface area contributed by atoms with Crippen LogP contribution in [-0.4, -0.2) is 24.9 Å². The molecular formula is C17H19N3O4. The molecule has 126 valence electrons. The summed E-state index contributed by atoms with van der Waals surface area (Å²) in [5, 5.41) is 15.1. The van der Waals surface area contributed by atoms with E-state index in [1.54, 1.807) is 33.3 Å². The zero-order chi connectivity index (χ0) is 17.5. The van der Waals surface area contributed by atoms with Crippen LogP contribution in [0.5, 0.6) is 11.5 Å².